The summed E-state index contributed by atoms with van der Waals surface area (Å²) in [7, 11) is 0. The molecule has 1 aliphatic carbocycles. The third-order valence-corrected chi connectivity index (χ3v) is 9.96. The van der Waals surface area contributed by atoms with E-state index in [1.165, 1.54) is 17.7 Å². The number of ether oxygens (including phenoxy) is 1. The van der Waals surface area contributed by atoms with Crippen LogP contribution in [0.4, 0.5) is 0 Å². The van der Waals surface area contributed by atoms with Gasteiger partial charge in [-0.1, -0.05) is 70.0 Å². The SMILES string of the molecule is Cc1cc(Oc2[c-]c3c(cc2)c2ccccc2n3-c2cc(C)ccn2)[c-]c(-n2nc(C)c(C3C(C(C)C)=CCC[C@@H]3C(C)C)c2C)c1.[Pt+2]. The Morgan fingerprint density at radius 3 is 2.40 bits per heavy atom. The molecule has 1 unspecified atom stereocenters. The molecular weight excluding hydrogens is 772 g/mol. The van der Waals surface area contributed by atoms with Crippen LogP contribution in [0.1, 0.15) is 74.5 Å². The summed E-state index contributed by atoms with van der Waals surface area (Å²) in [6, 6.07) is 28.0. The second kappa shape index (κ2) is 13.5. The van der Waals surface area contributed by atoms with Crippen LogP contribution in [0.2, 0.25) is 0 Å². The smallest absolute Gasteiger partial charge is 0.509 e. The molecule has 0 saturated carbocycles. The van der Waals surface area contributed by atoms with Gasteiger partial charge in [0, 0.05) is 40.4 Å². The molecule has 3 aromatic carbocycles. The molecule has 0 radical (unpaired) electrons. The maximum Gasteiger partial charge on any atom is 2.00 e. The number of fused-ring (bicyclic) bond motifs is 3. The molecule has 6 heteroatoms. The van der Waals surface area contributed by atoms with Crippen molar-refractivity contribution in [2.75, 3.05) is 0 Å². The first-order valence-corrected chi connectivity index (χ1v) is 17.0. The van der Waals surface area contributed by atoms with Crippen molar-refractivity contribution < 1.29 is 25.8 Å². The van der Waals surface area contributed by atoms with Crippen LogP contribution in [-0.2, 0) is 21.1 Å². The summed E-state index contributed by atoms with van der Waals surface area (Å²) in [6.07, 6.45) is 6.74. The fraction of sp³-hybridized carbons (Fsp3) is 0.333. The Morgan fingerprint density at radius 2 is 1.65 bits per heavy atom. The van der Waals surface area contributed by atoms with E-state index in [1.807, 2.05) is 24.4 Å². The van der Waals surface area contributed by atoms with E-state index in [4.69, 9.17) is 14.8 Å². The maximum absolute atomic E-state index is 6.54. The third kappa shape index (κ3) is 6.07. The summed E-state index contributed by atoms with van der Waals surface area (Å²) in [6.45, 7) is 18.0. The van der Waals surface area contributed by atoms with Crippen molar-refractivity contribution in [3.8, 4) is 23.0 Å². The van der Waals surface area contributed by atoms with Gasteiger partial charge < -0.3 is 9.30 Å². The van der Waals surface area contributed by atoms with Crippen molar-refractivity contribution in [1.29, 1.82) is 0 Å². The van der Waals surface area contributed by atoms with Crippen molar-refractivity contribution in [3.05, 3.63) is 119 Å². The molecule has 3 heterocycles. The van der Waals surface area contributed by atoms with E-state index in [0.29, 0.717) is 35.2 Å². The predicted molar refractivity (Wildman–Crippen MR) is 192 cm³/mol. The Morgan fingerprint density at radius 1 is 0.854 bits per heavy atom. The quantitative estimate of drug-likeness (QED) is 0.119. The van der Waals surface area contributed by atoms with Gasteiger partial charge in [-0.05, 0) is 86.2 Å². The van der Waals surface area contributed by atoms with Crippen LogP contribution >= 0.6 is 0 Å². The Hall–Kier alpha value is -3.95. The third-order valence-electron chi connectivity index (χ3n) is 9.96. The number of para-hydroxylation sites is 1. The molecule has 3 aromatic heterocycles. The topological polar surface area (TPSA) is 44.9 Å². The van der Waals surface area contributed by atoms with Crippen molar-refractivity contribution in [2.45, 2.75) is 74.1 Å². The monoisotopic (exact) mass is 815 g/mol. The second-order valence-corrected chi connectivity index (χ2v) is 14.0. The summed E-state index contributed by atoms with van der Waals surface area (Å²) < 4.78 is 10.8. The summed E-state index contributed by atoms with van der Waals surface area (Å²) in [4.78, 5) is 4.71. The normalized spacial score (nSPS) is 16.5. The zero-order valence-corrected chi connectivity index (χ0v) is 31.4. The largest absolute Gasteiger partial charge is 2.00 e. The van der Waals surface area contributed by atoms with Crippen LogP contribution in [0.3, 0.4) is 0 Å². The van der Waals surface area contributed by atoms with E-state index in [1.54, 1.807) is 5.57 Å². The first-order valence-electron chi connectivity index (χ1n) is 17.0. The van der Waals surface area contributed by atoms with Crippen LogP contribution in [0.5, 0.6) is 11.5 Å². The molecule has 0 bridgehead atoms. The number of aryl methyl sites for hydroxylation is 3. The number of hydrogen-bond acceptors (Lipinski definition) is 3. The van der Waals surface area contributed by atoms with Gasteiger partial charge in [-0.15, -0.1) is 35.7 Å². The molecule has 0 saturated heterocycles. The van der Waals surface area contributed by atoms with E-state index < -0.39 is 0 Å². The minimum absolute atomic E-state index is 0. The maximum atomic E-state index is 6.54. The summed E-state index contributed by atoms with van der Waals surface area (Å²) in [5.74, 6) is 4.22. The van der Waals surface area contributed by atoms with Gasteiger partial charge >= 0.3 is 21.1 Å². The Kier molecular flexibility index (Phi) is 9.55. The number of benzene rings is 3. The molecular formula is C42H44N4OPt. The van der Waals surface area contributed by atoms with Gasteiger partial charge in [0.1, 0.15) is 5.82 Å². The number of hydrogen-bond donors (Lipinski definition) is 0. The number of allylic oxidation sites excluding steroid dienone is 2. The Bertz CT molecular complexity index is 2150. The standard InChI is InChI=1S/C42H44N4O.Pt/c1-25(2)34-13-11-14-35(26(3)4)42(34)41-29(7)44-46(30(41)8)31-20-28(6)21-33(23-31)47-32-16-17-37-36-12-9-10-15-38(36)45(39(37)24-32)40-22-27(5)18-19-43-40;/h9-10,12-13,15-22,25-26,35,42H,11,14H2,1-8H3;/q-2;+2/t35-,42?;/m1./s1. The van der Waals surface area contributed by atoms with Crippen LogP contribution in [0.15, 0.2) is 78.5 Å². The number of aromatic nitrogens is 4. The van der Waals surface area contributed by atoms with Gasteiger partial charge in [0.05, 0.1) is 5.69 Å². The molecule has 0 N–H and O–H groups in total. The first-order chi connectivity index (χ1) is 22.6. The van der Waals surface area contributed by atoms with Crippen molar-refractivity contribution in [1.82, 2.24) is 19.3 Å². The molecule has 2 atom stereocenters. The predicted octanol–water partition coefficient (Wildman–Crippen LogP) is 10.7. The van der Waals surface area contributed by atoms with Crippen molar-refractivity contribution in [2.24, 2.45) is 17.8 Å². The molecule has 7 rings (SSSR count). The first kappa shape index (κ1) is 33.9. The molecule has 0 amide bonds. The summed E-state index contributed by atoms with van der Waals surface area (Å²) in [5.41, 5.74) is 10.4. The molecule has 0 spiro atoms. The molecule has 1 aliphatic rings. The van der Waals surface area contributed by atoms with Gasteiger partial charge in [-0.2, -0.15) is 16.7 Å². The molecule has 6 aromatic rings. The van der Waals surface area contributed by atoms with Gasteiger partial charge in [-0.25, -0.2) is 4.98 Å². The van der Waals surface area contributed by atoms with E-state index in [0.717, 1.165) is 56.6 Å². The average Bonchev–Trinajstić information content (AvgIpc) is 3.52. The number of pyridine rings is 1. The van der Waals surface area contributed by atoms with Crippen LogP contribution in [-0.4, -0.2) is 19.3 Å². The Balaban J connectivity index is 0.00000401. The molecule has 5 nitrogen and oxygen atoms in total. The van der Waals surface area contributed by atoms with Gasteiger partial charge in [0.15, 0.2) is 0 Å². The molecule has 0 aliphatic heterocycles. The fourth-order valence-electron chi connectivity index (χ4n) is 7.78. The summed E-state index contributed by atoms with van der Waals surface area (Å²) >= 11 is 0. The summed E-state index contributed by atoms with van der Waals surface area (Å²) in [5, 5.41) is 7.40. The molecule has 248 valence electrons. The number of rotatable bonds is 7. The van der Waals surface area contributed by atoms with E-state index in [9.17, 15) is 0 Å². The average molecular weight is 816 g/mol. The molecule has 48 heavy (non-hydrogen) atoms. The second-order valence-electron chi connectivity index (χ2n) is 14.0. The zero-order chi connectivity index (χ0) is 33.0. The minimum Gasteiger partial charge on any atom is -0.509 e. The van der Waals surface area contributed by atoms with Crippen molar-refractivity contribution >= 4 is 21.8 Å². The van der Waals surface area contributed by atoms with E-state index in [-0.39, 0.29) is 21.1 Å². The molecule has 0 fully saturated rings. The zero-order valence-electron chi connectivity index (χ0n) is 29.2. The van der Waals surface area contributed by atoms with E-state index in [2.05, 4.69) is 125 Å². The fourth-order valence-corrected chi connectivity index (χ4v) is 7.78. The minimum atomic E-state index is 0. The van der Waals surface area contributed by atoms with Crippen molar-refractivity contribution in [3.63, 3.8) is 0 Å². The van der Waals surface area contributed by atoms with Crippen LogP contribution in [0, 0.1) is 57.6 Å². The van der Waals surface area contributed by atoms with Crippen LogP contribution < -0.4 is 4.74 Å². The van der Waals surface area contributed by atoms with Gasteiger partial charge in [0.25, 0.3) is 0 Å². The van der Waals surface area contributed by atoms with Crippen LogP contribution in [0.25, 0.3) is 33.3 Å². The van der Waals surface area contributed by atoms with E-state index >= 15 is 0 Å². The Labute approximate surface area is 299 Å². The van der Waals surface area contributed by atoms with Gasteiger partial charge in [-0.3, -0.25) is 4.68 Å². The number of nitrogens with zero attached hydrogens (tertiary/aromatic N) is 4. The van der Waals surface area contributed by atoms with Gasteiger partial charge in [0.2, 0.25) is 0 Å².